The van der Waals surface area contributed by atoms with E-state index in [0.717, 1.165) is 18.7 Å². The largest absolute Gasteiger partial charge is 0.353 e. The topological polar surface area (TPSA) is 41.1 Å². The van der Waals surface area contributed by atoms with Crippen molar-refractivity contribution in [1.82, 2.24) is 10.6 Å². The molecule has 1 aliphatic rings. The minimum atomic E-state index is 0.190. The van der Waals surface area contributed by atoms with Crippen LogP contribution in [-0.4, -0.2) is 36.0 Å². The zero-order valence-electron chi connectivity index (χ0n) is 9.71. The smallest absolute Gasteiger partial charge is 0.221 e. The van der Waals surface area contributed by atoms with Crippen LogP contribution < -0.4 is 10.6 Å². The Hall–Kier alpha value is -0.220. The van der Waals surface area contributed by atoms with Gasteiger partial charge in [-0.3, -0.25) is 4.79 Å². The molecule has 1 heterocycles. The van der Waals surface area contributed by atoms with Gasteiger partial charge in [0.1, 0.15) is 0 Å². The van der Waals surface area contributed by atoms with E-state index in [4.69, 9.17) is 0 Å². The molecule has 1 fully saturated rings. The van der Waals surface area contributed by atoms with E-state index in [-0.39, 0.29) is 5.91 Å². The van der Waals surface area contributed by atoms with Crippen molar-refractivity contribution >= 4 is 17.7 Å². The molecule has 0 bridgehead atoms. The Morgan fingerprint density at radius 1 is 1.53 bits per heavy atom. The molecule has 0 aromatic heterocycles. The van der Waals surface area contributed by atoms with Crippen LogP contribution in [0.1, 0.15) is 33.1 Å². The van der Waals surface area contributed by atoms with Gasteiger partial charge in [-0.2, -0.15) is 11.8 Å². The SMILES string of the molecule is CC(C)NCCC(=O)NC1CCCSC1. The monoisotopic (exact) mass is 230 g/mol. The summed E-state index contributed by atoms with van der Waals surface area (Å²) in [5.41, 5.74) is 0. The van der Waals surface area contributed by atoms with Crippen LogP contribution in [0.25, 0.3) is 0 Å². The predicted molar refractivity (Wildman–Crippen MR) is 66.2 cm³/mol. The van der Waals surface area contributed by atoms with Crippen molar-refractivity contribution in [2.75, 3.05) is 18.1 Å². The standard InChI is InChI=1S/C11H22N2OS/c1-9(2)12-6-5-11(14)13-10-4-3-7-15-8-10/h9-10,12H,3-8H2,1-2H3,(H,13,14). The highest BCUT2D eigenvalue weighted by Crippen LogP contribution is 2.16. The van der Waals surface area contributed by atoms with E-state index >= 15 is 0 Å². The number of hydrogen-bond donors (Lipinski definition) is 2. The lowest BCUT2D eigenvalue weighted by Gasteiger charge is -2.22. The summed E-state index contributed by atoms with van der Waals surface area (Å²) < 4.78 is 0. The number of thioether (sulfide) groups is 1. The van der Waals surface area contributed by atoms with Gasteiger partial charge in [-0.15, -0.1) is 0 Å². The Labute approximate surface area is 96.8 Å². The van der Waals surface area contributed by atoms with Crippen molar-refractivity contribution in [2.45, 2.75) is 45.2 Å². The van der Waals surface area contributed by atoms with E-state index in [0.29, 0.717) is 18.5 Å². The molecule has 15 heavy (non-hydrogen) atoms. The Morgan fingerprint density at radius 2 is 2.33 bits per heavy atom. The second-order valence-corrected chi connectivity index (χ2v) is 5.49. The maximum atomic E-state index is 11.5. The third-order valence-electron chi connectivity index (χ3n) is 2.43. The first-order valence-electron chi connectivity index (χ1n) is 5.79. The number of rotatable bonds is 5. The van der Waals surface area contributed by atoms with Crippen LogP contribution in [0, 0.1) is 0 Å². The average Bonchev–Trinajstić information content (AvgIpc) is 2.18. The summed E-state index contributed by atoms with van der Waals surface area (Å²) in [6.45, 7) is 4.97. The van der Waals surface area contributed by atoms with Crippen molar-refractivity contribution in [2.24, 2.45) is 0 Å². The maximum Gasteiger partial charge on any atom is 0.221 e. The van der Waals surface area contributed by atoms with Gasteiger partial charge in [0.2, 0.25) is 5.91 Å². The number of hydrogen-bond acceptors (Lipinski definition) is 3. The molecule has 1 rings (SSSR count). The van der Waals surface area contributed by atoms with Crippen molar-refractivity contribution in [3.05, 3.63) is 0 Å². The summed E-state index contributed by atoms with van der Waals surface area (Å²) in [4.78, 5) is 11.5. The van der Waals surface area contributed by atoms with Crippen LogP contribution in [0.3, 0.4) is 0 Å². The second kappa shape index (κ2) is 7.12. The van der Waals surface area contributed by atoms with Crippen molar-refractivity contribution in [3.63, 3.8) is 0 Å². The number of amides is 1. The zero-order valence-corrected chi connectivity index (χ0v) is 10.5. The Bertz CT molecular complexity index is 191. The Balaban J connectivity index is 2.06. The van der Waals surface area contributed by atoms with E-state index in [2.05, 4.69) is 24.5 Å². The quantitative estimate of drug-likeness (QED) is 0.750. The lowest BCUT2D eigenvalue weighted by Crippen LogP contribution is -2.39. The summed E-state index contributed by atoms with van der Waals surface area (Å²) in [7, 11) is 0. The van der Waals surface area contributed by atoms with Gasteiger partial charge >= 0.3 is 0 Å². The summed E-state index contributed by atoms with van der Waals surface area (Å²) >= 11 is 1.94. The third kappa shape index (κ3) is 6.05. The first-order chi connectivity index (χ1) is 7.18. The van der Waals surface area contributed by atoms with Gasteiger partial charge in [-0.25, -0.2) is 0 Å². The highest BCUT2D eigenvalue weighted by Gasteiger charge is 2.15. The molecule has 0 spiro atoms. The molecular formula is C11H22N2OS. The molecule has 0 saturated carbocycles. The third-order valence-corrected chi connectivity index (χ3v) is 3.65. The summed E-state index contributed by atoms with van der Waals surface area (Å²) in [6, 6.07) is 0.873. The molecule has 1 atom stereocenters. The van der Waals surface area contributed by atoms with Gasteiger partial charge < -0.3 is 10.6 Å². The first-order valence-corrected chi connectivity index (χ1v) is 6.94. The molecule has 88 valence electrons. The van der Waals surface area contributed by atoms with Crippen LogP contribution in [0.2, 0.25) is 0 Å². The van der Waals surface area contributed by atoms with E-state index in [9.17, 15) is 4.79 Å². The lowest BCUT2D eigenvalue weighted by atomic mass is 10.2. The van der Waals surface area contributed by atoms with Crippen LogP contribution in [0.5, 0.6) is 0 Å². The average molecular weight is 230 g/mol. The van der Waals surface area contributed by atoms with Gasteiger partial charge in [0.25, 0.3) is 0 Å². The van der Waals surface area contributed by atoms with Crippen LogP contribution in [0.4, 0.5) is 0 Å². The molecule has 0 aromatic carbocycles. The molecule has 0 aromatic rings. The van der Waals surface area contributed by atoms with Crippen LogP contribution in [0.15, 0.2) is 0 Å². The fourth-order valence-electron chi connectivity index (χ4n) is 1.63. The second-order valence-electron chi connectivity index (χ2n) is 4.34. The molecule has 1 saturated heterocycles. The van der Waals surface area contributed by atoms with Crippen molar-refractivity contribution in [1.29, 1.82) is 0 Å². The molecule has 1 unspecified atom stereocenters. The van der Waals surface area contributed by atoms with Crippen molar-refractivity contribution < 1.29 is 4.79 Å². The highest BCUT2D eigenvalue weighted by molar-refractivity contribution is 7.99. The summed E-state index contributed by atoms with van der Waals surface area (Å²) in [5.74, 6) is 2.53. The summed E-state index contributed by atoms with van der Waals surface area (Å²) in [5, 5.41) is 6.34. The highest BCUT2D eigenvalue weighted by atomic mass is 32.2. The van der Waals surface area contributed by atoms with Gasteiger partial charge in [0, 0.05) is 30.8 Å². The number of carbonyl (C=O) groups excluding carboxylic acids is 1. The summed E-state index contributed by atoms with van der Waals surface area (Å²) in [6.07, 6.45) is 2.98. The molecule has 0 aliphatic carbocycles. The van der Waals surface area contributed by atoms with Gasteiger partial charge in [-0.1, -0.05) is 13.8 Å². The van der Waals surface area contributed by atoms with Gasteiger partial charge in [-0.05, 0) is 18.6 Å². The van der Waals surface area contributed by atoms with E-state index < -0.39 is 0 Å². The van der Waals surface area contributed by atoms with Crippen LogP contribution in [-0.2, 0) is 4.79 Å². The fourth-order valence-corrected chi connectivity index (χ4v) is 2.70. The molecule has 1 aliphatic heterocycles. The minimum absolute atomic E-state index is 0.190. The van der Waals surface area contributed by atoms with E-state index in [1.807, 2.05) is 11.8 Å². The molecule has 2 N–H and O–H groups in total. The normalized spacial score (nSPS) is 21.7. The minimum Gasteiger partial charge on any atom is -0.353 e. The number of nitrogens with one attached hydrogen (secondary N) is 2. The molecular weight excluding hydrogens is 208 g/mol. The van der Waals surface area contributed by atoms with Crippen molar-refractivity contribution in [3.8, 4) is 0 Å². The zero-order chi connectivity index (χ0) is 11.1. The molecule has 3 nitrogen and oxygen atoms in total. The molecule has 1 amide bonds. The number of carbonyl (C=O) groups is 1. The molecule has 4 heteroatoms. The van der Waals surface area contributed by atoms with E-state index in [1.54, 1.807) is 0 Å². The van der Waals surface area contributed by atoms with E-state index in [1.165, 1.54) is 12.2 Å². The Kier molecular flexibility index (Phi) is 6.10. The van der Waals surface area contributed by atoms with Gasteiger partial charge in [0.05, 0.1) is 0 Å². The van der Waals surface area contributed by atoms with Crippen LogP contribution >= 0.6 is 11.8 Å². The fraction of sp³-hybridized carbons (Fsp3) is 0.909. The Morgan fingerprint density at radius 3 is 2.93 bits per heavy atom. The predicted octanol–water partition coefficient (Wildman–Crippen LogP) is 1.39. The first kappa shape index (κ1) is 12.8. The van der Waals surface area contributed by atoms with Gasteiger partial charge in [0.15, 0.2) is 0 Å². The maximum absolute atomic E-state index is 11.5. The molecule has 0 radical (unpaired) electrons. The lowest BCUT2D eigenvalue weighted by molar-refractivity contribution is -0.121.